The third kappa shape index (κ3) is 2.82. The Hall–Kier alpha value is -1.10. The number of rotatable bonds is 2. The molecule has 20 heavy (non-hydrogen) atoms. The summed E-state index contributed by atoms with van der Waals surface area (Å²) in [5.41, 5.74) is 8.04. The van der Waals surface area contributed by atoms with Crippen LogP contribution in [0.4, 0.5) is 0 Å². The topological polar surface area (TPSA) is 64.4 Å². The molecular formula is C15H21ClN2O2. The van der Waals surface area contributed by atoms with Gasteiger partial charge in [0.2, 0.25) is 5.91 Å². The zero-order valence-electron chi connectivity index (χ0n) is 11.4. The predicted octanol–water partition coefficient (Wildman–Crippen LogP) is 1.72. The van der Waals surface area contributed by atoms with E-state index < -0.39 is 5.54 Å². The molecule has 1 aliphatic heterocycles. The fourth-order valence-electron chi connectivity index (χ4n) is 2.97. The molecule has 4 nitrogen and oxygen atoms in total. The molecule has 1 heterocycles. The van der Waals surface area contributed by atoms with Gasteiger partial charge in [-0.2, -0.15) is 0 Å². The number of amides is 1. The van der Waals surface area contributed by atoms with Crippen LogP contribution in [0, 0.1) is 0 Å². The number of nitrogens with two attached hydrogens (primary N) is 1. The molecule has 1 saturated heterocycles. The average molecular weight is 297 g/mol. The van der Waals surface area contributed by atoms with Crippen LogP contribution >= 0.6 is 12.4 Å². The standard InChI is InChI=1S/C15H20N2O2.ClH/c16-15(7-9-19-10-8-15)14(18)17-13-6-5-11-3-1-2-4-12(11)13;/h1-4,13H,5-10,16H2,(H,17,18);1H. The first-order valence-corrected chi connectivity index (χ1v) is 6.94. The van der Waals surface area contributed by atoms with Gasteiger partial charge in [0.05, 0.1) is 11.6 Å². The summed E-state index contributed by atoms with van der Waals surface area (Å²) in [7, 11) is 0. The van der Waals surface area contributed by atoms with Crippen molar-refractivity contribution in [3.05, 3.63) is 35.4 Å². The Balaban J connectivity index is 0.00000147. The van der Waals surface area contributed by atoms with Gasteiger partial charge < -0.3 is 15.8 Å². The zero-order valence-corrected chi connectivity index (χ0v) is 12.2. The number of hydrogen-bond donors (Lipinski definition) is 2. The number of ether oxygens (including phenoxy) is 1. The van der Waals surface area contributed by atoms with Crippen molar-refractivity contribution in [3.8, 4) is 0 Å². The number of aryl methyl sites for hydroxylation is 1. The van der Waals surface area contributed by atoms with Gasteiger partial charge in [-0.05, 0) is 36.8 Å². The van der Waals surface area contributed by atoms with Crippen molar-refractivity contribution in [3.63, 3.8) is 0 Å². The van der Waals surface area contributed by atoms with Crippen molar-refractivity contribution in [1.82, 2.24) is 5.32 Å². The lowest BCUT2D eigenvalue weighted by molar-refractivity contribution is -0.130. The molecule has 0 bridgehead atoms. The molecule has 5 heteroatoms. The van der Waals surface area contributed by atoms with E-state index in [9.17, 15) is 4.79 Å². The second-order valence-corrected chi connectivity index (χ2v) is 5.53. The van der Waals surface area contributed by atoms with Crippen LogP contribution in [0.25, 0.3) is 0 Å². The third-order valence-electron chi connectivity index (χ3n) is 4.28. The van der Waals surface area contributed by atoms with Crippen LogP contribution in [-0.2, 0) is 16.0 Å². The first-order chi connectivity index (χ1) is 9.19. The molecule has 1 aromatic rings. The summed E-state index contributed by atoms with van der Waals surface area (Å²) < 4.78 is 5.28. The van der Waals surface area contributed by atoms with Gasteiger partial charge in [0.1, 0.15) is 0 Å². The SMILES string of the molecule is Cl.NC1(C(=O)NC2CCc3ccccc32)CCOCC1. The monoisotopic (exact) mass is 296 g/mol. The number of fused-ring (bicyclic) bond motifs is 1. The number of hydrogen-bond acceptors (Lipinski definition) is 3. The highest BCUT2D eigenvalue weighted by Crippen LogP contribution is 2.31. The van der Waals surface area contributed by atoms with Crippen molar-refractivity contribution in [2.75, 3.05) is 13.2 Å². The molecule has 1 unspecified atom stereocenters. The van der Waals surface area contributed by atoms with E-state index in [-0.39, 0.29) is 24.4 Å². The van der Waals surface area contributed by atoms with E-state index in [0.29, 0.717) is 26.1 Å². The van der Waals surface area contributed by atoms with Crippen molar-refractivity contribution >= 4 is 18.3 Å². The molecular weight excluding hydrogens is 276 g/mol. The summed E-state index contributed by atoms with van der Waals surface area (Å²) in [6.45, 7) is 1.15. The van der Waals surface area contributed by atoms with Gasteiger partial charge >= 0.3 is 0 Å². The summed E-state index contributed by atoms with van der Waals surface area (Å²) in [4.78, 5) is 12.4. The van der Waals surface area contributed by atoms with Crippen molar-refractivity contribution in [1.29, 1.82) is 0 Å². The van der Waals surface area contributed by atoms with Crippen LogP contribution in [0.1, 0.15) is 36.4 Å². The van der Waals surface area contributed by atoms with Crippen LogP contribution in [0.15, 0.2) is 24.3 Å². The molecule has 3 rings (SSSR count). The Labute approximate surface area is 125 Å². The summed E-state index contributed by atoms with van der Waals surface area (Å²) >= 11 is 0. The maximum absolute atomic E-state index is 12.4. The Bertz CT molecular complexity index is 487. The van der Waals surface area contributed by atoms with Gasteiger partial charge in [0.15, 0.2) is 0 Å². The predicted molar refractivity (Wildman–Crippen MR) is 79.9 cm³/mol. The van der Waals surface area contributed by atoms with Crippen molar-refractivity contribution < 1.29 is 9.53 Å². The van der Waals surface area contributed by atoms with Crippen molar-refractivity contribution in [2.24, 2.45) is 5.73 Å². The quantitative estimate of drug-likeness (QED) is 0.873. The molecule has 2 aliphatic rings. The van der Waals surface area contributed by atoms with Crippen LogP contribution in [-0.4, -0.2) is 24.7 Å². The summed E-state index contributed by atoms with van der Waals surface area (Å²) in [6, 6.07) is 8.42. The molecule has 0 saturated carbocycles. The summed E-state index contributed by atoms with van der Waals surface area (Å²) in [6.07, 6.45) is 3.21. The molecule has 1 atom stereocenters. The molecule has 3 N–H and O–H groups in total. The van der Waals surface area contributed by atoms with Gasteiger partial charge in [-0.3, -0.25) is 4.79 Å². The van der Waals surface area contributed by atoms with Gasteiger partial charge in [0.25, 0.3) is 0 Å². The zero-order chi connectivity index (χ0) is 13.3. The minimum Gasteiger partial charge on any atom is -0.381 e. The maximum Gasteiger partial charge on any atom is 0.240 e. The Morgan fingerprint density at radius 1 is 1.30 bits per heavy atom. The fourth-order valence-corrected chi connectivity index (χ4v) is 2.97. The van der Waals surface area contributed by atoms with Gasteiger partial charge in [-0.1, -0.05) is 24.3 Å². The molecule has 1 amide bonds. The normalized spacial score (nSPS) is 23.6. The fraction of sp³-hybridized carbons (Fsp3) is 0.533. The molecule has 1 aromatic carbocycles. The van der Waals surface area contributed by atoms with Gasteiger partial charge in [0, 0.05) is 13.2 Å². The second kappa shape index (κ2) is 6.12. The number of carbonyl (C=O) groups is 1. The smallest absolute Gasteiger partial charge is 0.240 e. The minimum absolute atomic E-state index is 0. The third-order valence-corrected chi connectivity index (χ3v) is 4.28. The number of benzene rings is 1. The van der Waals surface area contributed by atoms with Crippen molar-refractivity contribution in [2.45, 2.75) is 37.3 Å². The van der Waals surface area contributed by atoms with Gasteiger partial charge in [-0.25, -0.2) is 0 Å². The molecule has 110 valence electrons. The first-order valence-electron chi connectivity index (χ1n) is 6.94. The molecule has 0 radical (unpaired) electrons. The average Bonchev–Trinajstić information content (AvgIpc) is 2.83. The Morgan fingerprint density at radius 3 is 2.75 bits per heavy atom. The number of carbonyl (C=O) groups excluding carboxylic acids is 1. The highest BCUT2D eigenvalue weighted by molar-refractivity contribution is 5.86. The lowest BCUT2D eigenvalue weighted by Crippen LogP contribution is -2.57. The van der Waals surface area contributed by atoms with Crippen LogP contribution in [0.2, 0.25) is 0 Å². The van der Waals surface area contributed by atoms with Crippen LogP contribution in [0.3, 0.4) is 0 Å². The number of halogens is 1. The molecule has 1 aliphatic carbocycles. The molecule has 1 fully saturated rings. The molecule has 0 spiro atoms. The lowest BCUT2D eigenvalue weighted by atomic mass is 9.90. The largest absolute Gasteiger partial charge is 0.381 e. The first kappa shape index (κ1) is 15.3. The molecule has 0 aromatic heterocycles. The van der Waals surface area contributed by atoms with E-state index in [4.69, 9.17) is 10.5 Å². The van der Waals surface area contributed by atoms with E-state index in [1.165, 1.54) is 11.1 Å². The maximum atomic E-state index is 12.4. The Kier molecular flexibility index (Phi) is 4.68. The summed E-state index contributed by atoms with van der Waals surface area (Å²) in [5.74, 6) is -0.0301. The van der Waals surface area contributed by atoms with E-state index >= 15 is 0 Å². The van der Waals surface area contributed by atoms with E-state index in [1.54, 1.807) is 0 Å². The van der Waals surface area contributed by atoms with E-state index in [0.717, 1.165) is 12.8 Å². The number of nitrogens with one attached hydrogen (secondary N) is 1. The van der Waals surface area contributed by atoms with Crippen LogP contribution in [0.5, 0.6) is 0 Å². The summed E-state index contributed by atoms with van der Waals surface area (Å²) in [5, 5.41) is 3.13. The van der Waals surface area contributed by atoms with E-state index in [2.05, 4.69) is 17.4 Å². The lowest BCUT2D eigenvalue weighted by Gasteiger charge is -2.33. The highest BCUT2D eigenvalue weighted by atomic mass is 35.5. The van der Waals surface area contributed by atoms with E-state index in [1.807, 2.05) is 12.1 Å². The second-order valence-electron chi connectivity index (χ2n) is 5.53. The highest BCUT2D eigenvalue weighted by Gasteiger charge is 2.37. The minimum atomic E-state index is -0.754. The van der Waals surface area contributed by atoms with Gasteiger partial charge in [-0.15, -0.1) is 12.4 Å². The van der Waals surface area contributed by atoms with Crippen LogP contribution < -0.4 is 11.1 Å². The Morgan fingerprint density at radius 2 is 2.00 bits per heavy atom.